The summed E-state index contributed by atoms with van der Waals surface area (Å²) in [5.41, 5.74) is 1.66. The van der Waals surface area contributed by atoms with E-state index in [1.54, 1.807) is 37.3 Å². The third-order valence-electron chi connectivity index (χ3n) is 4.99. The standard InChI is InChI=1S/C25H22N2O5S/c1-17-15-23(27(33(29,30)31)22-10-8-21(9-11-22)26-18(2)28)12-14-25(17)32-24-13-7-19-5-3-4-6-20(19)16-24/h3-16H,1-2H3,(H,26,28)(H,29,30,31). The lowest BCUT2D eigenvalue weighted by Gasteiger charge is -2.22. The summed E-state index contributed by atoms with van der Waals surface area (Å²) in [4.78, 5) is 11.2. The fraction of sp³-hybridized carbons (Fsp3) is 0.0800. The molecule has 4 aromatic carbocycles. The molecule has 0 heterocycles. The molecule has 0 bridgehead atoms. The average Bonchev–Trinajstić information content (AvgIpc) is 2.75. The summed E-state index contributed by atoms with van der Waals surface area (Å²) in [5.74, 6) is 0.974. The van der Waals surface area contributed by atoms with Gasteiger partial charge in [-0.1, -0.05) is 30.3 Å². The van der Waals surface area contributed by atoms with E-state index < -0.39 is 10.3 Å². The van der Waals surface area contributed by atoms with Gasteiger partial charge in [0.25, 0.3) is 0 Å². The molecule has 0 aliphatic carbocycles. The van der Waals surface area contributed by atoms with Crippen LogP contribution in [0.25, 0.3) is 10.8 Å². The van der Waals surface area contributed by atoms with Gasteiger partial charge in [0.15, 0.2) is 0 Å². The van der Waals surface area contributed by atoms with E-state index in [2.05, 4.69) is 5.32 Å². The van der Waals surface area contributed by atoms with Crippen molar-refractivity contribution >= 4 is 44.0 Å². The van der Waals surface area contributed by atoms with Crippen LogP contribution in [0.3, 0.4) is 0 Å². The Bertz CT molecular complexity index is 1430. The van der Waals surface area contributed by atoms with Crippen LogP contribution in [-0.4, -0.2) is 18.9 Å². The number of nitrogens with one attached hydrogen (secondary N) is 1. The summed E-state index contributed by atoms with van der Waals surface area (Å²) >= 11 is 0. The van der Waals surface area contributed by atoms with Gasteiger partial charge in [0, 0.05) is 12.6 Å². The Morgan fingerprint density at radius 2 is 1.55 bits per heavy atom. The number of hydrogen-bond donors (Lipinski definition) is 2. The first-order chi connectivity index (χ1) is 15.7. The number of fused-ring (bicyclic) bond motifs is 1. The molecule has 1 amide bonds. The molecule has 4 aromatic rings. The second kappa shape index (κ2) is 8.93. The maximum absolute atomic E-state index is 12.2. The average molecular weight is 463 g/mol. The number of aryl methyl sites for hydroxylation is 1. The lowest BCUT2D eigenvalue weighted by atomic mass is 10.1. The maximum atomic E-state index is 12.2. The highest BCUT2D eigenvalue weighted by Crippen LogP contribution is 2.34. The SMILES string of the molecule is CC(=O)Nc1ccc(N(c2ccc(Oc3ccc4ccccc4c3)c(C)c2)S(=O)(=O)O)cc1. The molecule has 4 rings (SSSR count). The van der Waals surface area contributed by atoms with Crippen LogP contribution >= 0.6 is 0 Å². The molecule has 8 heteroatoms. The van der Waals surface area contributed by atoms with Crippen LogP contribution < -0.4 is 14.4 Å². The van der Waals surface area contributed by atoms with Gasteiger partial charge in [-0.2, -0.15) is 8.42 Å². The molecule has 168 valence electrons. The quantitative estimate of drug-likeness (QED) is 0.351. The van der Waals surface area contributed by atoms with Crippen LogP contribution in [0.15, 0.2) is 84.9 Å². The second-order valence-corrected chi connectivity index (χ2v) is 8.79. The van der Waals surface area contributed by atoms with Gasteiger partial charge in [-0.3, -0.25) is 9.35 Å². The zero-order valence-electron chi connectivity index (χ0n) is 18.0. The Morgan fingerprint density at radius 1 is 0.879 bits per heavy atom. The van der Waals surface area contributed by atoms with Crippen molar-refractivity contribution in [3.63, 3.8) is 0 Å². The van der Waals surface area contributed by atoms with Crippen LogP contribution in [0.1, 0.15) is 12.5 Å². The molecule has 0 atom stereocenters. The number of amides is 1. The lowest BCUT2D eigenvalue weighted by Crippen LogP contribution is -2.25. The predicted octanol–water partition coefficient (Wildman–Crippen LogP) is 5.84. The highest BCUT2D eigenvalue weighted by Gasteiger charge is 2.23. The van der Waals surface area contributed by atoms with Crippen LogP contribution in [0.2, 0.25) is 0 Å². The largest absolute Gasteiger partial charge is 0.457 e. The van der Waals surface area contributed by atoms with Gasteiger partial charge in [0.1, 0.15) is 11.5 Å². The number of carbonyl (C=O) groups excluding carboxylic acids is 1. The van der Waals surface area contributed by atoms with Gasteiger partial charge in [-0.15, -0.1) is 0 Å². The molecule has 0 aromatic heterocycles. The van der Waals surface area contributed by atoms with E-state index in [0.29, 0.717) is 22.7 Å². The summed E-state index contributed by atoms with van der Waals surface area (Å²) < 4.78 is 41.1. The van der Waals surface area contributed by atoms with Gasteiger partial charge >= 0.3 is 10.3 Å². The minimum Gasteiger partial charge on any atom is -0.457 e. The van der Waals surface area contributed by atoms with Crippen molar-refractivity contribution in [3.8, 4) is 11.5 Å². The first-order valence-corrected chi connectivity index (χ1v) is 11.5. The Hall–Kier alpha value is -3.88. The predicted molar refractivity (Wildman–Crippen MR) is 130 cm³/mol. The highest BCUT2D eigenvalue weighted by atomic mass is 32.2. The van der Waals surface area contributed by atoms with E-state index in [9.17, 15) is 17.8 Å². The smallest absolute Gasteiger partial charge is 0.364 e. The van der Waals surface area contributed by atoms with Crippen molar-refractivity contribution in [2.45, 2.75) is 13.8 Å². The molecule has 0 unspecified atom stereocenters. The number of rotatable bonds is 6. The zero-order chi connectivity index (χ0) is 23.6. The van der Waals surface area contributed by atoms with Crippen molar-refractivity contribution in [1.82, 2.24) is 0 Å². The molecule has 0 aliphatic rings. The van der Waals surface area contributed by atoms with Gasteiger partial charge in [0.2, 0.25) is 5.91 Å². The first-order valence-electron chi connectivity index (χ1n) is 10.1. The number of anilines is 3. The number of nitrogens with zero attached hydrogens (tertiary/aromatic N) is 1. The minimum atomic E-state index is -4.61. The molecule has 0 radical (unpaired) electrons. The third kappa shape index (κ3) is 5.14. The summed E-state index contributed by atoms with van der Waals surface area (Å²) in [6.45, 7) is 3.17. The van der Waals surface area contributed by atoms with Crippen molar-refractivity contribution in [1.29, 1.82) is 0 Å². The first kappa shape index (κ1) is 22.3. The van der Waals surface area contributed by atoms with Gasteiger partial charge < -0.3 is 10.1 Å². The van der Waals surface area contributed by atoms with Gasteiger partial charge in [-0.05, 0) is 77.9 Å². The summed E-state index contributed by atoms with van der Waals surface area (Å²) in [6.07, 6.45) is 0. The molecule has 33 heavy (non-hydrogen) atoms. The molecule has 0 saturated heterocycles. The molecular weight excluding hydrogens is 440 g/mol. The van der Waals surface area contributed by atoms with E-state index in [4.69, 9.17) is 4.74 Å². The zero-order valence-corrected chi connectivity index (χ0v) is 18.8. The summed E-state index contributed by atoms with van der Waals surface area (Å²) in [7, 11) is -4.61. The van der Waals surface area contributed by atoms with E-state index in [1.165, 1.54) is 19.1 Å². The molecule has 0 spiro atoms. The molecule has 7 nitrogen and oxygen atoms in total. The lowest BCUT2D eigenvalue weighted by molar-refractivity contribution is -0.114. The van der Waals surface area contributed by atoms with Crippen molar-refractivity contribution < 1.29 is 22.5 Å². The molecule has 0 saturated carbocycles. The molecule has 0 aliphatic heterocycles. The fourth-order valence-corrected chi connectivity index (χ4v) is 4.30. The van der Waals surface area contributed by atoms with Gasteiger partial charge in [-0.25, -0.2) is 4.31 Å². The number of ether oxygens (including phenoxy) is 1. The van der Waals surface area contributed by atoms with E-state index in [0.717, 1.165) is 15.1 Å². The topological polar surface area (TPSA) is 95.9 Å². The van der Waals surface area contributed by atoms with E-state index in [1.807, 2.05) is 42.5 Å². The molecule has 2 N–H and O–H groups in total. The summed E-state index contributed by atoms with van der Waals surface area (Å²) in [6, 6.07) is 24.7. The monoisotopic (exact) mass is 462 g/mol. The Kier molecular flexibility index (Phi) is 6.04. The van der Waals surface area contributed by atoms with Crippen LogP contribution in [0.4, 0.5) is 17.1 Å². The van der Waals surface area contributed by atoms with Crippen LogP contribution in [0, 0.1) is 6.92 Å². The second-order valence-electron chi connectivity index (χ2n) is 7.53. The van der Waals surface area contributed by atoms with Gasteiger partial charge in [0.05, 0.1) is 11.4 Å². The fourth-order valence-electron chi connectivity index (χ4n) is 3.53. The number of carbonyl (C=O) groups is 1. The minimum absolute atomic E-state index is 0.217. The third-order valence-corrected chi connectivity index (χ3v) is 5.88. The van der Waals surface area contributed by atoms with Crippen LogP contribution in [0.5, 0.6) is 11.5 Å². The van der Waals surface area contributed by atoms with Crippen molar-refractivity contribution in [2.24, 2.45) is 0 Å². The number of benzene rings is 4. The molecular formula is C25H22N2O5S. The van der Waals surface area contributed by atoms with E-state index >= 15 is 0 Å². The molecule has 0 fully saturated rings. The Labute approximate surface area is 192 Å². The number of hydrogen-bond acceptors (Lipinski definition) is 4. The summed E-state index contributed by atoms with van der Waals surface area (Å²) in [5, 5.41) is 4.76. The highest BCUT2D eigenvalue weighted by molar-refractivity contribution is 7.87. The van der Waals surface area contributed by atoms with Crippen molar-refractivity contribution in [2.75, 3.05) is 9.62 Å². The van der Waals surface area contributed by atoms with Crippen molar-refractivity contribution in [3.05, 3.63) is 90.5 Å². The Morgan fingerprint density at radius 3 is 2.18 bits per heavy atom. The van der Waals surface area contributed by atoms with Crippen LogP contribution in [-0.2, 0) is 15.1 Å². The normalized spacial score (nSPS) is 11.2. The Balaban J connectivity index is 1.64. The maximum Gasteiger partial charge on any atom is 0.364 e. The van der Waals surface area contributed by atoms with E-state index in [-0.39, 0.29) is 17.3 Å².